The fraction of sp³-hybridized carbons (Fsp3) is 0.0182. The van der Waals surface area contributed by atoms with Gasteiger partial charge in [-0.2, -0.15) is 0 Å². The zero-order valence-electron chi connectivity index (χ0n) is 32.1. The minimum atomic E-state index is 1.16. The molecule has 0 amide bonds. The molecule has 4 heteroatoms. The topological polar surface area (TPSA) is 9.86 Å². The van der Waals surface area contributed by atoms with Gasteiger partial charge in [-0.15, -0.1) is 22.7 Å². The van der Waals surface area contributed by atoms with Gasteiger partial charge < -0.3 is 9.13 Å². The average Bonchev–Trinajstić information content (AvgIpc) is 3.83. The SMILES string of the molecule is Cn1c(-c2ccccc2)c(-c2ccccc2)c2c3cccc4sc5c6c7c(cccc7c7c(-c8ccccc8)c(-c8ccccc8)n(-c8ccccc8)c57)sc(c-6c43)c21. The molecule has 11 aromatic rings. The van der Waals surface area contributed by atoms with E-state index in [-0.39, 0.29) is 0 Å². The van der Waals surface area contributed by atoms with Crippen molar-refractivity contribution in [3.05, 3.63) is 188 Å². The molecule has 0 unspecified atom stereocenters. The molecule has 0 atom stereocenters. The van der Waals surface area contributed by atoms with Crippen LogP contribution in [-0.4, -0.2) is 9.13 Å². The first-order valence-corrected chi connectivity index (χ1v) is 21.8. The van der Waals surface area contributed by atoms with Crippen LogP contribution < -0.4 is 0 Å². The third kappa shape index (κ3) is 4.50. The van der Waals surface area contributed by atoms with Crippen molar-refractivity contribution < 1.29 is 0 Å². The lowest BCUT2D eigenvalue weighted by Crippen LogP contribution is -2.00. The van der Waals surface area contributed by atoms with Gasteiger partial charge in [-0.25, -0.2) is 0 Å². The van der Waals surface area contributed by atoms with Crippen molar-refractivity contribution in [2.24, 2.45) is 7.05 Å². The summed E-state index contributed by atoms with van der Waals surface area (Å²) in [4.78, 5) is 0. The lowest BCUT2D eigenvalue weighted by Gasteiger charge is -2.23. The molecule has 2 aliphatic heterocycles. The Balaban J connectivity index is 1.32. The van der Waals surface area contributed by atoms with E-state index in [0.717, 1.165) is 5.69 Å². The monoisotopic (exact) mass is 786 g/mol. The van der Waals surface area contributed by atoms with E-state index < -0.39 is 0 Å². The summed E-state index contributed by atoms with van der Waals surface area (Å²) in [6, 6.07) is 69.1. The molecule has 276 valence electrons. The molecule has 0 aliphatic carbocycles. The predicted molar refractivity (Wildman–Crippen MR) is 255 cm³/mol. The summed E-state index contributed by atoms with van der Waals surface area (Å²) in [5.41, 5.74) is 16.4. The fourth-order valence-electron chi connectivity index (χ4n) is 10.2. The molecule has 0 fully saturated rings. The van der Waals surface area contributed by atoms with Crippen molar-refractivity contribution >= 4 is 84.8 Å². The molecule has 4 heterocycles. The first-order chi connectivity index (χ1) is 29.3. The summed E-state index contributed by atoms with van der Waals surface area (Å²) in [6.07, 6.45) is 0. The van der Waals surface area contributed by atoms with Gasteiger partial charge in [-0.3, -0.25) is 0 Å². The number of hydrogen-bond donors (Lipinski definition) is 0. The highest BCUT2D eigenvalue weighted by Gasteiger charge is 2.33. The maximum absolute atomic E-state index is 2.58. The van der Waals surface area contributed by atoms with Crippen LogP contribution in [0.25, 0.3) is 124 Å². The Labute approximate surface area is 348 Å². The van der Waals surface area contributed by atoms with E-state index in [0.29, 0.717) is 0 Å². The first-order valence-electron chi connectivity index (χ1n) is 20.2. The fourth-order valence-corrected chi connectivity index (χ4v) is 12.8. The minimum absolute atomic E-state index is 1.16. The lowest BCUT2D eigenvalue weighted by atomic mass is 9.87. The zero-order valence-corrected chi connectivity index (χ0v) is 33.7. The third-order valence-electron chi connectivity index (χ3n) is 12.4. The maximum Gasteiger partial charge on any atom is 0.0726 e. The van der Waals surface area contributed by atoms with E-state index in [1.54, 1.807) is 0 Å². The average molecular weight is 787 g/mol. The van der Waals surface area contributed by atoms with Crippen LogP contribution in [0.5, 0.6) is 0 Å². The summed E-state index contributed by atoms with van der Waals surface area (Å²) in [5.74, 6) is 0. The van der Waals surface area contributed by atoms with Gasteiger partial charge in [0, 0.05) is 65.9 Å². The van der Waals surface area contributed by atoms with Crippen molar-refractivity contribution in [2.75, 3.05) is 0 Å². The molecule has 9 aromatic carbocycles. The molecule has 59 heavy (non-hydrogen) atoms. The molecule has 2 aliphatic rings. The van der Waals surface area contributed by atoms with Crippen LogP contribution in [0.2, 0.25) is 0 Å². The van der Waals surface area contributed by atoms with Crippen molar-refractivity contribution in [3.8, 4) is 61.6 Å². The van der Waals surface area contributed by atoms with Gasteiger partial charge >= 0.3 is 0 Å². The Morgan fingerprint density at radius 3 is 1.25 bits per heavy atom. The quantitative estimate of drug-likeness (QED) is 0.121. The summed E-state index contributed by atoms with van der Waals surface area (Å²) >= 11 is 3.92. The van der Waals surface area contributed by atoms with Gasteiger partial charge in [0.1, 0.15) is 0 Å². The molecule has 2 aromatic heterocycles. The second-order valence-corrected chi connectivity index (χ2v) is 17.7. The summed E-state index contributed by atoms with van der Waals surface area (Å²) in [5, 5.41) is 7.97. The highest BCUT2D eigenvalue weighted by Crippen LogP contribution is 2.60. The van der Waals surface area contributed by atoms with Crippen molar-refractivity contribution in [1.82, 2.24) is 9.13 Å². The Bertz CT molecular complexity index is 3690. The predicted octanol–water partition coefficient (Wildman–Crippen LogP) is 16.1. The summed E-state index contributed by atoms with van der Waals surface area (Å²) in [6.45, 7) is 0. The molecular weight excluding hydrogens is 753 g/mol. The highest BCUT2D eigenvalue weighted by molar-refractivity contribution is 7.28. The van der Waals surface area contributed by atoms with Gasteiger partial charge in [0.15, 0.2) is 0 Å². The molecule has 2 nitrogen and oxygen atoms in total. The maximum atomic E-state index is 2.58. The smallest absolute Gasteiger partial charge is 0.0726 e. The zero-order chi connectivity index (χ0) is 38.8. The van der Waals surface area contributed by atoms with Gasteiger partial charge in [0.2, 0.25) is 0 Å². The van der Waals surface area contributed by atoms with E-state index in [9.17, 15) is 0 Å². The van der Waals surface area contributed by atoms with Crippen molar-refractivity contribution in [2.45, 2.75) is 0 Å². The molecule has 0 bridgehead atoms. The van der Waals surface area contributed by atoms with Gasteiger partial charge in [0.25, 0.3) is 0 Å². The van der Waals surface area contributed by atoms with E-state index in [1.807, 2.05) is 22.7 Å². The number of hydrogen-bond acceptors (Lipinski definition) is 2. The number of nitrogens with zero attached hydrogens (tertiary/aromatic N) is 2. The van der Waals surface area contributed by atoms with E-state index in [2.05, 4.69) is 204 Å². The first kappa shape index (κ1) is 33.0. The van der Waals surface area contributed by atoms with Crippen LogP contribution in [0.3, 0.4) is 0 Å². The van der Waals surface area contributed by atoms with E-state index >= 15 is 0 Å². The van der Waals surface area contributed by atoms with E-state index in [1.165, 1.54) is 118 Å². The summed E-state index contributed by atoms with van der Waals surface area (Å²) < 4.78 is 10.4. The van der Waals surface area contributed by atoms with Crippen LogP contribution in [0.15, 0.2) is 188 Å². The van der Waals surface area contributed by atoms with Gasteiger partial charge in [-0.05, 0) is 57.3 Å². The Morgan fingerprint density at radius 1 is 0.339 bits per heavy atom. The standard InChI is InChI=1S/C55H34N2S2/c1-56-50(35-23-11-4-12-24-35)42(33-19-7-2-8-20-33)46-38-29-17-32-41-44(38)48-49-45-39(30-18-31-40(45)58-54(48)52(46)56)47-43(34-21-9-3-10-22-34)51(36-25-13-5-14-26-36)57(53(47)55(49)59-41)37-27-15-6-16-28-37/h2-32H,1H3. The van der Waals surface area contributed by atoms with Crippen molar-refractivity contribution in [1.29, 1.82) is 0 Å². The van der Waals surface area contributed by atoms with E-state index in [4.69, 9.17) is 0 Å². The number of para-hydroxylation sites is 1. The Morgan fingerprint density at radius 2 is 0.746 bits per heavy atom. The van der Waals surface area contributed by atoms with Crippen LogP contribution in [0, 0.1) is 0 Å². The molecule has 0 radical (unpaired) electrons. The van der Waals surface area contributed by atoms with Gasteiger partial charge in [0.05, 0.1) is 31.8 Å². The Kier molecular flexibility index (Phi) is 7.00. The molecule has 0 saturated carbocycles. The van der Waals surface area contributed by atoms with Crippen LogP contribution in [-0.2, 0) is 7.05 Å². The molecular formula is C55H34N2S2. The second kappa shape index (κ2) is 12.5. The largest absolute Gasteiger partial charge is 0.342 e. The van der Waals surface area contributed by atoms with Crippen LogP contribution >= 0.6 is 22.7 Å². The summed E-state index contributed by atoms with van der Waals surface area (Å²) in [7, 11) is 2.28. The third-order valence-corrected chi connectivity index (χ3v) is 14.8. The second-order valence-electron chi connectivity index (χ2n) is 15.6. The van der Waals surface area contributed by atoms with Gasteiger partial charge in [-0.1, -0.05) is 164 Å². The molecule has 0 N–H and O–H groups in total. The normalized spacial score (nSPS) is 12.2. The molecule has 0 spiro atoms. The van der Waals surface area contributed by atoms with Crippen LogP contribution in [0.1, 0.15) is 0 Å². The van der Waals surface area contributed by atoms with Crippen molar-refractivity contribution in [3.63, 3.8) is 0 Å². The van der Waals surface area contributed by atoms with Crippen LogP contribution in [0.4, 0.5) is 0 Å². The lowest BCUT2D eigenvalue weighted by molar-refractivity contribution is 0.984. The number of aryl methyl sites for hydroxylation is 1. The number of rotatable bonds is 5. The minimum Gasteiger partial charge on any atom is -0.342 e. The highest BCUT2D eigenvalue weighted by atomic mass is 32.1. The molecule has 0 saturated heterocycles. The number of benzene rings is 9. The molecule has 13 rings (SSSR count). The Hall–Kier alpha value is -6.98. The number of aromatic nitrogens is 2. The number of fused-ring (bicyclic) bond motifs is 6.